The van der Waals surface area contributed by atoms with Crippen molar-refractivity contribution in [3.63, 3.8) is 0 Å². The van der Waals surface area contributed by atoms with Gasteiger partial charge >= 0.3 is 0 Å². The lowest BCUT2D eigenvalue weighted by atomic mass is 10.5. The predicted octanol–water partition coefficient (Wildman–Crippen LogP) is -1.06. The summed E-state index contributed by atoms with van der Waals surface area (Å²) in [6.07, 6.45) is 3.86. The fourth-order valence-corrected chi connectivity index (χ4v) is 3.69. The highest BCUT2D eigenvalue weighted by Gasteiger charge is 2.44. The molecule has 9 heteroatoms. The Bertz CT molecular complexity index is 615. The van der Waals surface area contributed by atoms with Gasteiger partial charge in [-0.15, -0.1) is 0 Å². The molecule has 0 N–H and O–H groups in total. The summed E-state index contributed by atoms with van der Waals surface area (Å²) in [6.45, 7) is 2.32. The molecule has 0 aromatic rings. The average Bonchev–Trinajstić information content (AvgIpc) is 2.91. The molecular formula is C12H12N2O6S. The summed E-state index contributed by atoms with van der Waals surface area (Å²) < 4.78 is 24.9. The van der Waals surface area contributed by atoms with Crippen LogP contribution in [-0.4, -0.2) is 52.6 Å². The smallest absolute Gasteiger partial charge is 0.254 e. The first kappa shape index (κ1) is 15.1. The summed E-state index contributed by atoms with van der Waals surface area (Å²) >= 11 is 0. The molecule has 4 amide bonds. The van der Waals surface area contributed by atoms with Crippen LogP contribution in [0.1, 0.15) is 13.8 Å². The van der Waals surface area contributed by atoms with E-state index < -0.39 is 44.2 Å². The first-order chi connectivity index (χ1) is 9.67. The monoisotopic (exact) mass is 312 g/mol. The molecule has 2 heterocycles. The van der Waals surface area contributed by atoms with Crippen LogP contribution in [0.25, 0.3) is 0 Å². The van der Waals surface area contributed by atoms with Crippen molar-refractivity contribution in [1.82, 2.24) is 9.80 Å². The summed E-state index contributed by atoms with van der Waals surface area (Å²) in [6, 6.07) is 0. The lowest BCUT2D eigenvalue weighted by molar-refractivity contribution is -0.138. The van der Waals surface area contributed by atoms with Gasteiger partial charge in [-0.05, 0) is 13.8 Å². The molecule has 0 aromatic heterocycles. The van der Waals surface area contributed by atoms with Crippen molar-refractivity contribution in [3.8, 4) is 0 Å². The van der Waals surface area contributed by atoms with E-state index in [0.717, 1.165) is 38.2 Å². The van der Waals surface area contributed by atoms with Gasteiger partial charge in [0.15, 0.2) is 9.84 Å². The van der Waals surface area contributed by atoms with Crippen LogP contribution >= 0.6 is 0 Å². The normalized spacial score (nSPS) is 21.6. The maximum atomic E-state index is 12.4. The Morgan fingerprint density at radius 1 is 0.714 bits per heavy atom. The average molecular weight is 312 g/mol. The van der Waals surface area contributed by atoms with E-state index in [4.69, 9.17) is 0 Å². The predicted molar refractivity (Wildman–Crippen MR) is 69.8 cm³/mol. The number of nitrogens with zero attached hydrogens (tertiary/aromatic N) is 2. The molecule has 0 fully saturated rings. The number of hydrogen-bond donors (Lipinski definition) is 0. The number of carbonyl (C=O) groups is 4. The van der Waals surface area contributed by atoms with E-state index in [1.54, 1.807) is 0 Å². The highest BCUT2D eigenvalue weighted by molar-refractivity contribution is 7.92. The molecule has 112 valence electrons. The molecule has 8 nitrogen and oxygen atoms in total. The van der Waals surface area contributed by atoms with Gasteiger partial charge in [0.1, 0.15) is 10.7 Å². The Kier molecular flexibility index (Phi) is 3.54. The molecular weight excluding hydrogens is 300 g/mol. The van der Waals surface area contributed by atoms with Crippen molar-refractivity contribution in [2.45, 2.75) is 24.6 Å². The molecule has 0 spiro atoms. The van der Waals surface area contributed by atoms with E-state index in [2.05, 4.69) is 0 Å². The standard InChI is InChI=1S/C12H12N2O6S/c1-7(13-9(15)3-4-10(13)16)21(19,20)8(2)14-11(17)5-6-12(14)18/h3-8H,1-2H3. The molecule has 0 aromatic carbocycles. The maximum absolute atomic E-state index is 12.4. The van der Waals surface area contributed by atoms with E-state index in [0.29, 0.717) is 9.80 Å². The number of amides is 4. The van der Waals surface area contributed by atoms with Crippen molar-refractivity contribution in [2.75, 3.05) is 0 Å². The molecule has 2 aliphatic heterocycles. The topological polar surface area (TPSA) is 109 Å². The molecule has 2 aliphatic rings. The number of carbonyl (C=O) groups excluding carboxylic acids is 4. The van der Waals surface area contributed by atoms with Gasteiger partial charge in [-0.25, -0.2) is 8.42 Å². The second kappa shape index (κ2) is 4.92. The third-order valence-electron chi connectivity index (χ3n) is 3.36. The van der Waals surface area contributed by atoms with Crippen LogP contribution in [0.15, 0.2) is 24.3 Å². The summed E-state index contributed by atoms with van der Waals surface area (Å²) in [5, 5.41) is -2.97. The van der Waals surface area contributed by atoms with Crippen molar-refractivity contribution in [1.29, 1.82) is 0 Å². The zero-order valence-corrected chi connectivity index (χ0v) is 12.0. The fourth-order valence-electron chi connectivity index (χ4n) is 2.12. The van der Waals surface area contributed by atoms with E-state index >= 15 is 0 Å². The van der Waals surface area contributed by atoms with Crippen LogP contribution < -0.4 is 0 Å². The Balaban J connectivity index is 2.30. The summed E-state index contributed by atoms with van der Waals surface area (Å²) in [5.74, 6) is -3.00. The summed E-state index contributed by atoms with van der Waals surface area (Å²) in [4.78, 5) is 47.3. The Hall–Kier alpha value is -2.29. The molecule has 0 radical (unpaired) electrons. The highest BCUT2D eigenvalue weighted by atomic mass is 32.2. The van der Waals surface area contributed by atoms with Gasteiger partial charge in [-0.1, -0.05) is 0 Å². The molecule has 0 bridgehead atoms. The van der Waals surface area contributed by atoms with Crippen LogP contribution in [-0.2, 0) is 29.0 Å². The zero-order chi connectivity index (χ0) is 15.9. The highest BCUT2D eigenvalue weighted by Crippen LogP contribution is 2.22. The Labute approximate surface area is 120 Å². The first-order valence-electron chi connectivity index (χ1n) is 6.01. The largest absolute Gasteiger partial charge is 0.269 e. The molecule has 0 saturated heterocycles. The van der Waals surface area contributed by atoms with Gasteiger partial charge < -0.3 is 0 Å². The number of imide groups is 2. The van der Waals surface area contributed by atoms with Gasteiger partial charge in [0.2, 0.25) is 0 Å². The fraction of sp³-hybridized carbons (Fsp3) is 0.333. The van der Waals surface area contributed by atoms with E-state index in [1.807, 2.05) is 0 Å². The first-order valence-corrected chi connectivity index (χ1v) is 7.62. The minimum Gasteiger partial charge on any atom is -0.269 e. The quantitative estimate of drug-likeness (QED) is 0.612. The van der Waals surface area contributed by atoms with Crippen molar-refractivity contribution < 1.29 is 27.6 Å². The number of sulfone groups is 1. The SMILES string of the molecule is CC(N1C(=O)C=CC1=O)S(=O)(=O)C(C)N1C(=O)C=CC1=O. The minimum atomic E-state index is -4.15. The molecule has 2 unspecified atom stereocenters. The maximum Gasteiger partial charge on any atom is 0.254 e. The third-order valence-corrected chi connectivity index (χ3v) is 5.69. The van der Waals surface area contributed by atoms with Gasteiger partial charge in [0.05, 0.1) is 0 Å². The van der Waals surface area contributed by atoms with Gasteiger partial charge in [0.25, 0.3) is 23.6 Å². The van der Waals surface area contributed by atoms with E-state index in [9.17, 15) is 27.6 Å². The van der Waals surface area contributed by atoms with Crippen LogP contribution in [0, 0.1) is 0 Å². The van der Waals surface area contributed by atoms with Crippen molar-refractivity contribution >= 4 is 33.5 Å². The lowest BCUT2D eigenvalue weighted by Gasteiger charge is -2.29. The van der Waals surface area contributed by atoms with Crippen molar-refractivity contribution in [3.05, 3.63) is 24.3 Å². The van der Waals surface area contributed by atoms with Crippen LogP contribution in [0.2, 0.25) is 0 Å². The zero-order valence-electron chi connectivity index (χ0n) is 11.2. The Morgan fingerprint density at radius 3 is 1.19 bits per heavy atom. The van der Waals surface area contributed by atoms with E-state index in [1.165, 1.54) is 0 Å². The van der Waals surface area contributed by atoms with Gasteiger partial charge in [-0.3, -0.25) is 29.0 Å². The summed E-state index contributed by atoms with van der Waals surface area (Å²) in [5.41, 5.74) is 0. The van der Waals surface area contributed by atoms with Crippen LogP contribution in [0.3, 0.4) is 0 Å². The van der Waals surface area contributed by atoms with Gasteiger partial charge in [-0.2, -0.15) is 0 Å². The molecule has 2 atom stereocenters. The number of hydrogen-bond acceptors (Lipinski definition) is 6. The molecule has 0 aliphatic carbocycles. The van der Waals surface area contributed by atoms with Gasteiger partial charge in [0, 0.05) is 24.3 Å². The number of rotatable bonds is 4. The molecule has 2 rings (SSSR count). The third kappa shape index (κ3) is 2.29. The van der Waals surface area contributed by atoms with Crippen LogP contribution in [0.5, 0.6) is 0 Å². The second-order valence-electron chi connectivity index (χ2n) is 4.55. The van der Waals surface area contributed by atoms with Crippen molar-refractivity contribution in [2.24, 2.45) is 0 Å². The lowest BCUT2D eigenvalue weighted by Crippen LogP contribution is -2.51. The van der Waals surface area contributed by atoms with Crippen LogP contribution in [0.4, 0.5) is 0 Å². The summed E-state index contributed by atoms with van der Waals surface area (Å²) in [7, 11) is -4.15. The second-order valence-corrected chi connectivity index (χ2v) is 7.09. The minimum absolute atomic E-state index is 0.574. The van der Waals surface area contributed by atoms with E-state index in [-0.39, 0.29) is 0 Å². The molecule has 0 saturated carbocycles. The molecule has 21 heavy (non-hydrogen) atoms. The Morgan fingerprint density at radius 2 is 0.952 bits per heavy atom.